The van der Waals surface area contributed by atoms with E-state index in [0.717, 1.165) is 11.3 Å². The zero-order valence-corrected chi connectivity index (χ0v) is 17.3. The van der Waals surface area contributed by atoms with Crippen LogP contribution in [0, 0.1) is 6.92 Å². The highest BCUT2D eigenvalue weighted by molar-refractivity contribution is 9.10. The summed E-state index contributed by atoms with van der Waals surface area (Å²) < 4.78 is 11.2. The molecular weight excluding hydrogens is 436 g/mol. The fourth-order valence-electron chi connectivity index (χ4n) is 2.25. The Labute approximate surface area is 171 Å². The maximum Gasteiger partial charge on any atom is 0.240 e. The first-order valence-corrected chi connectivity index (χ1v) is 9.35. The lowest BCUT2D eigenvalue weighted by Gasteiger charge is -2.09. The van der Waals surface area contributed by atoms with E-state index in [4.69, 9.17) is 21.1 Å². The van der Waals surface area contributed by atoms with Gasteiger partial charge < -0.3 is 14.6 Å². The third-order valence-corrected chi connectivity index (χ3v) is 4.46. The Balaban J connectivity index is 1.76. The van der Waals surface area contributed by atoms with Gasteiger partial charge in [0.05, 0.1) is 24.4 Å². The Kier molecular flexibility index (Phi) is 7.94. The van der Waals surface area contributed by atoms with Crippen LogP contribution < -0.4 is 14.9 Å². The molecule has 0 bridgehead atoms. The number of hydrogen-bond donors (Lipinski definition) is 2. The maximum atomic E-state index is 11.8. The van der Waals surface area contributed by atoms with E-state index >= 15 is 0 Å². The number of hydrazone groups is 1. The lowest BCUT2D eigenvalue weighted by atomic mass is 10.2. The molecule has 1 amide bonds. The summed E-state index contributed by atoms with van der Waals surface area (Å²) in [5, 5.41) is 14.3. The number of rotatable bonds is 8. The van der Waals surface area contributed by atoms with Crippen molar-refractivity contribution >= 4 is 39.7 Å². The van der Waals surface area contributed by atoms with Gasteiger partial charge in [0.15, 0.2) is 11.5 Å². The lowest BCUT2D eigenvalue weighted by Crippen LogP contribution is -2.18. The molecule has 0 saturated heterocycles. The number of phenolic OH excluding ortho intramolecular Hbond substituents is 1. The molecule has 0 aromatic heterocycles. The molecule has 8 heteroatoms. The van der Waals surface area contributed by atoms with Gasteiger partial charge in [-0.1, -0.05) is 11.6 Å². The lowest BCUT2D eigenvalue weighted by molar-refractivity contribution is -0.121. The van der Waals surface area contributed by atoms with Crippen LogP contribution in [0.3, 0.4) is 0 Å². The number of nitrogens with one attached hydrogen (secondary N) is 1. The Morgan fingerprint density at radius 3 is 2.81 bits per heavy atom. The summed E-state index contributed by atoms with van der Waals surface area (Å²) in [5.41, 5.74) is 4.08. The normalized spacial score (nSPS) is 10.8. The second-order valence-corrected chi connectivity index (χ2v) is 7.00. The van der Waals surface area contributed by atoms with Crippen LogP contribution in [0.5, 0.6) is 17.2 Å². The number of carbonyl (C=O) groups is 1. The van der Waals surface area contributed by atoms with E-state index < -0.39 is 0 Å². The molecule has 0 spiro atoms. The molecule has 27 heavy (non-hydrogen) atoms. The van der Waals surface area contributed by atoms with E-state index in [0.29, 0.717) is 33.8 Å². The van der Waals surface area contributed by atoms with Gasteiger partial charge in [-0.15, -0.1) is 0 Å². The topological polar surface area (TPSA) is 80.2 Å². The Bertz CT molecular complexity index is 843. The first kappa shape index (κ1) is 21.1. The van der Waals surface area contributed by atoms with Crippen LogP contribution in [-0.4, -0.2) is 30.9 Å². The first-order valence-electron chi connectivity index (χ1n) is 8.18. The molecule has 144 valence electrons. The Morgan fingerprint density at radius 2 is 2.11 bits per heavy atom. The quantitative estimate of drug-likeness (QED) is 0.350. The number of phenols is 1. The highest BCUT2D eigenvalue weighted by Gasteiger charge is 2.07. The van der Waals surface area contributed by atoms with E-state index in [9.17, 15) is 9.90 Å². The van der Waals surface area contributed by atoms with E-state index in [1.807, 2.05) is 19.1 Å². The van der Waals surface area contributed by atoms with E-state index in [1.54, 1.807) is 18.2 Å². The second kappa shape index (κ2) is 10.2. The van der Waals surface area contributed by atoms with Gasteiger partial charge in [0.25, 0.3) is 0 Å². The van der Waals surface area contributed by atoms with E-state index in [1.165, 1.54) is 13.3 Å². The van der Waals surface area contributed by atoms with Crippen molar-refractivity contribution in [2.24, 2.45) is 5.10 Å². The number of aromatic hydroxyl groups is 1. The van der Waals surface area contributed by atoms with Crippen molar-refractivity contribution in [1.82, 2.24) is 5.43 Å². The molecule has 2 N–H and O–H groups in total. The number of benzene rings is 2. The highest BCUT2D eigenvalue weighted by Crippen LogP contribution is 2.34. The molecule has 0 radical (unpaired) electrons. The summed E-state index contributed by atoms with van der Waals surface area (Å²) in [6.45, 7) is 2.33. The number of nitrogens with zero attached hydrogens (tertiary/aromatic N) is 1. The minimum atomic E-state index is -0.215. The van der Waals surface area contributed by atoms with Gasteiger partial charge in [0.2, 0.25) is 5.91 Å². The predicted octanol–water partition coefficient (Wildman–Crippen LogP) is 4.43. The molecule has 2 aromatic rings. The van der Waals surface area contributed by atoms with Crippen LogP contribution in [0.1, 0.15) is 24.0 Å². The number of hydrogen-bond acceptors (Lipinski definition) is 5. The largest absolute Gasteiger partial charge is 0.503 e. The van der Waals surface area contributed by atoms with Gasteiger partial charge in [-0.05, 0) is 70.7 Å². The zero-order valence-electron chi connectivity index (χ0n) is 15.0. The summed E-state index contributed by atoms with van der Waals surface area (Å²) in [7, 11) is 1.46. The van der Waals surface area contributed by atoms with Crippen molar-refractivity contribution in [3.05, 3.63) is 51.0 Å². The average molecular weight is 456 g/mol. The summed E-state index contributed by atoms with van der Waals surface area (Å²) >= 11 is 9.13. The minimum absolute atomic E-state index is 0.00890. The monoisotopic (exact) mass is 454 g/mol. The van der Waals surface area contributed by atoms with Gasteiger partial charge in [-0.3, -0.25) is 4.79 Å². The molecule has 0 heterocycles. The maximum absolute atomic E-state index is 11.8. The molecule has 0 fully saturated rings. The summed E-state index contributed by atoms with van der Waals surface area (Å²) in [6, 6.07) is 8.68. The van der Waals surface area contributed by atoms with Gasteiger partial charge in [0.1, 0.15) is 5.75 Å². The van der Waals surface area contributed by atoms with Crippen molar-refractivity contribution in [2.45, 2.75) is 19.8 Å². The highest BCUT2D eigenvalue weighted by atomic mass is 79.9. The Morgan fingerprint density at radius 1 is 1.33 bits per heavy atom. The fourth-order valence-corrected chi connectivity index (χ4v) is 2.93. The molecule has 2 aromatic carbocycles. The molecule has 6 nitrogen and oxygen atoms in total. The number of carbonyl (C=O) groups excluding carboxylic acids is 1. The van der Waals surface area contributed by atoms with E-state index in [-0.39, 0.29) is 18.1 Å². The van der Waals surface area contributed by atoms with Crippen molar-refractivity contribution in [3.8, 4) is 17.2 Å². The summed E-state index contributed by atoms with van der Waals surface area (Å²) in [5.74, 6) is 0.860. The van der Waals surface area contributed by atoms with Gasteiger partial charge >= 0.3 is 0 Å². The minimum Gasteiger partial charge on any atom is -0.503 e. The molecule has 0 saturated carbocycles. The Hall–Kier alpha value is -2.25. The standard InChI is InChI=1S/C19H20BrClN2O4/c1-12-8-14(21)5-6-16(12)27-7-3-4-18(24)23-22-11-13-9-15(20)19(25)17(10-13)26-2/h5-6,8-11,25H,3-4,7H2,1-2H3,(H,23,24)/b22-11+. The smallest absolute Gasteiger partial charge is 0.240 e. The van der Waals surface area contributed by atoms with Crippen molar-refractivity contribution < 1.29 is 19.4 Å². The first-order chi connectivity index (χ1) is 12.9. The molecule has 0 unspecified atom stereocenters. The zero-order chi connectivity index (χ0) is 19.8. The second-order valence-electron chi connectivity index (χ2n) is 5.71. The van der Waals surface area contributed by atoms with Gasteiger partial charge in [-0.2, -0.15) is 5.10 Å². The van der Waals surface area contributed by atoms with Crippen molar-refractivity contribution in [2.75, 3.05) is 13.7 Å². The van der Waals surface area contributed by atoms with Crippen molar-refractivity contribution in [3.63, 3.8) is 0 Å². The number of methoxy groups -OCH3 is 1. The molecular formula is C19H20BrClN2O4. The third-order valence-electron chi connectivity index (χ3n) is 3.62. The van der Waals surface area contributed by atoms with Crippen LogP contribution in [0.2, 0.25) is 5.02 Å². The summed E-state index contributed by atoms with van der Waals surface area (Å²) in [4.78, 5) is 11.8. The van der Waals surface area contributed by atoms with Crippen LogP contribution >= 0.6 is 27.5 Å². The summed E-state index contributed by atoms with van der Waals surface area (Å²) in [6.07, 6.45) is 2.31. The predicted molar refractivity (Wildman–Crippen MR) is 109 cm³/mol. The van der Waals surface area contributed by atoms with Crippen LogP contribution in [0.15, 0.2) is 39.9 Å². The molecule has 0 aliphatic rings. The number of halogens is 2. The number of amides is 1. The SMILES string of the molecule is COc1cc(/C=N/NC(=O)CCCOc2ccc(Cl)cc2C)cc(Br)c1O. The molecule has 0 aliphatic heterocycles. The van der Waals surface area contributed by atoms with E-state index in [2.05, 4.69) is 26.5 Å². The average Bonchev–Trinajstić information content (AvgIpc) is 2.63. The van der Waals surface area contributed by atoms with Gasteiger partial charge in [-0.25, -0.2) is 5.43 Å². The third kappa shape index (κ3) is 6.45. The van der Waals surface area contributed by atoms with Crippen LogP contribution in [0.4, 0.5) is 0 Å². The van der Waals surface area contributed by atoms with Gasteiger partial charge in [0, 0.05) is 11.4 Å². The fraction of sp³-hybridized carbons (Fsp3) is 0.263. The molecule has 0 aliphatic carbocycles. The van der Waals surface area contributed by atoms with Crippen LogP contribution in [0.25, 0.3) is 0 Å². The molecule has 0 atom stereocenters. The molecule has 2 rings (SSSR count). The van der Waals surface area contributed by atoms with Crippen molar-refractivity contribution in [1.29, 1.82) is 0 Å². The number of ether oxygens (including phenoxy) is 2. The number of aryl methyl sites for hydroxylation is 1. The van der Waals surface area contributed by atoms with Crippen LogP contribution in [-0.2, 0) is 4.79 Å².